The van der Waals surface area contributed by atoms with E-state index in [1.807, 2.05) is 0 Å². The number of aromatic nitrogens is 2. The largest absolute Gasteiger partial charge is 0.366 e. The predicted octanol–water partition coefficient (Wildman–Crippen LogP) is -0.0767. The first-order valence-electron chi connectivity index (χ1n) is 4.78. The molecule has 0 aliphatic heterocycles. The summed E-state index contributed by atoms with van der Waals surface area (Å²) in [4.78, 5) is 17.7. The normalized spacial score (nSPS) is 13.4. The van der Waals surface area contributed by atoms with E-state index in [9.17, 15) is 13.2 Å². The van der Waals surface area contributed by atoms with Gasteiger partial charge in [0, 0.05) is 18.4 Å². The number of anilines is 1. The van der Waals surface area contributed by atoms with E-state index in [2.05, 4.69) is 15.3 Å². The minimum atomic E-state index is -3.04. The van der Waals surface area contributed by atoms with Crippen molar-refractivity contribution in [2.75, 3.05) is 17.3 Å². The van der Waals surface area contributed by atoms with Crippen LogP contribution in [-0.4, -0.2) is 36.4 Å². The molecule has 0 saturated heterocycles. The van der Waals surface area contributed by atoms with E-state index < -0.39 is 9.84 Å². The summed E-state index contributed by atoms with van der Waals surface area (Å²) in [6.45, 7) is 3.38. The Morgan fingerprint density at radius 2 is 2.19 bits per heavy atom. The zero-order chi connectivity index (χ0) is 12.3. The average molecular weight is 245 g/mol. The fraction of sp³-hybridized carbons (Fsp3) is 0.556. The highest BCUT2D eigenvalue weighted by atomic mass is 32.2. The fourth-order valence-electron chi connectivity index (χ4n) is 1.40. The number of rotatable bonds is 4. The number of nitrogens with zero attached hydrogens (tertiary/aromatic N) is 1. The molecule has 1 unspecified atom stereocenters. The molecular formula is C9H15N3O3S. The lowest BCUT2D eigenvalue weighted by Crippen LogP contribution is -2.26. The molecule has 0 aromatic carbocycles. The summed E-state index contributed by atoms with van der Waals surface area (Å²) in [7, 11) is -3.04. The molecule has 7 heteroatoms. The Morgan fingerprint density at radius 3 is 2.69 bits per heavy atom. The maximum atomic E-state index is 11.1. The second-order valence-corrected chi connectivity index (χ2v) is 6.04. The molecule has 1 aromatic heterocycles. The molecule has 0 spiro atoms. The molecule has 1 atom stereocenters. The van der Waals surface area contributed by atoms with Gasteiger partial charge in [0.1, 0.15) is 21.5 Å². The fourth-order valence-corrected chi connectivity index (χ4v) is 2.39. The molecule has 0 amide bonds. The molecular weight excluding hydrogens is 230 g/mol. The lowest BCUT2D eigenvalue weighted by molar-refractivity contribution is 0.598. The molecule has 0 radical (unpaired) electrons. The van der Waals surface area contributed by atoms with Gasteiger partial charge in [0.15, 0.2) is 0 Å². The quantitative estimate of drug-likeness (QED) is 0.774. The minimum absolute atomic E-state index is 0.000522. The highest BCUT2D eigenvalue weighted by molar-refractivity contribution is 7.90. The molecule has 90 valence electrons. The number of aromatic amines is 1. The predicted molar refractivity (Wildman–Crippen MR) is 62.4 cm³/mol. The zero-order valence-electron chi connectivity index (χ0n) is 9.44. The first-order chi connectivity index (χ1) is 7.26. The van der Waals surface area contributed by atoms with Crippen LogP contribution in [0.5, 0.6) is 0 Å². The van der Waals surface area contributed by atoms with E-state index in [1.54, 1.807) is 13.8 Å². The van der Waals surface area contributed by atoms with Crippen molar-refractivity contribution in [2.45, 2.75) is 19.9 Å². The van der Waals surface area contributed by atoms with E-state index >= 15 is 0 Å². The van der Waals surface area contributed by atoms with Gasteiger partial charge in [-0.1, -0.05) is 0 Å². The van der Waals surface area contributed by atoms with Crippen LogP contribution < -0.4 is 10.9 Å². The number of H-pyrrole nitrogens is 1. The summed E-state index contributed by atoms with van der Waals surface area (Å²) in [5, 5.41) is 2.87. The minimum Gasteiger partial charge on any atom is -0.366 e. The van der Waals surface area contributed by atoms with E-state index in [0.29, 0.717) is 11.6 Å². The monoisotopic (exact) mass is 245 g/mol. The smallest absolute Gasteiger partial charge is 0.252 e. The summed E-state index contributed by atoms with van der Waals surface area (Å²) in [6, 6.07) is 1.01. The summed E-state index contributed by atoms with van der Waals surface area (Å²) in [6.07, 6.45) is 1.17. The Kier molecular flexibility index (Phi) is 3.69. The number of nitrogens with one attached hydrogen (secondary N) is 2. The molecule has 1 rings (SSSR count). The third kappa shape index (κ3) is 4.43. The first-order valence-corrected chi connectivity index (χ1v) is 6.84. The summed E-state index contributed by atoms with van der Waals surface area (Å²) < 4.78 is 22.1. The molecule has 6 nitrogen and oxygen atoms in total. The molecule has 0 bridgehead atoms. The third-order valence-electron chi connectivity index (χ3n) is 1.81. The van der Waals surface area contributed by atoms with E-state index in [4.69, 9.17) is 0 Å². The van der Waals surface area contributed by atoms with Gasteiger partial charge in [-0.2, -0.15) is 0 Å². The van der Waals surface area contributed by atoms with Crippen LogP contribution in [0.3, 0.4) is 0 Å². The van der Waals surface area contributed by atoms with Crippen LogP contribution in [0.15, 0.2) is 10.9 Å². The molecule has 0 fully saturated rings. The Labute approximate surface area is 94.0 Å². The standard InChI is InChI=1S/C9H15N3O3S/c1-6(5-16(3,14)15)10-8-4-9(13)12-7(2)11-8/h4,6H,5H2,1-3H3,(H2,10,11,12,13). The van der Waals surface area contributed by atoms with Crippen LogP contribution in [0.25, 0.3) is 0 Å². The van der Waals surface area contributed by atoms with E-state index in [-0.39, 0.29) is 17.4 Å². The number of sulfone groups is 1. The van der Waals surface area contributed by atoms with Gasteiger partial charge in [-0.15, -0.1) is 0 Å². The maximum absolute atomic E-state index is 11.1. The Hall–Kier alpha value is -1.37. The third-order valence-corrected chi connectivity index (χ3v) is 2.91. The Morgan fingerprint density at radius 1 is 1.56 bits per heavy atom. The molecule has 1 heterocycles. The van der Waals surface area contributed by atoms with Crippen molar-refractivity contribution in [3.63, 3.8) is 0 Å². The highest BCUT2D eigenvalue weighted by Crippen LogP contribution is 2.02. The molecule has 0 saturated carbocycles. The van der Waals surface area contributed by atoms with Gasteiger partial charge in [-0.25, -0.2) is 13.4 Å². The highest BCUT2D eigenvalue weighted by Gasteiger charge is 2.11. The molecule has 16 heavy (non-hydrogen) atoms. The summed E-state index contributed by atoms with van der Waals surface area (Å²) >= 11 is 0. The SMILES string of the molecule is Cc1nc(NC(C)CS(C)(=O)=O)cc(=O)[nH]1. The van der Waals surface area contributed by atoms with Crippen molar-refractivity contribution in [1.29, 1.82) is 0 Å². The topological polar surface area (TPSA) is 91.9 Å². The lowest BCUT2D eigenvalue weighted by Gasteiger charge is -2.13. The second kappa shape index (κ2) is 4.65. The van der Waals surface area contributed by atoms with Crippen molar-refractivity contribution in [2.24, 2.45) is 0 Å². The molecule has 0 aliphatic carbocycles. The van der Waals surface area contributed by atoms with Crippen LogP contribution in [0, 0.1) is 6.92 Å². The van der Waals surface area contributed by atoms with Crippen LogP contribution in [0.2, 0.25) is 0 Å². The Bertz CT molecular complexity index is 521. The molecule has 0 aliphatic rings. The number of hydrogen-bond donors (Lipinski definition) is 2. The van der Waals surface area contributed by atoms with Gasteiger partial charge in [0.25, 0.3) is 5.56 Å². The number of aryl methyl sites for hydroxylation is 1. The average Bonchev–Trinajstić information content (AvgIpc) is 1.96. The summed E-state index contributed by atoms with van der Waals surface area (Å²) in [5.74, 6) is 0.875. The van der Waals surface area contributed by atoms with Gasteiger partial charge in [0.05, 0.1) is 5.75 Å². The van der Waals surface area contributed by atoms with E-state index in [1.165, 1.54) is 12.3 Å². The van der Waals surface area contributed by atoms with Gasteiger partial charge in [-0.3, -0.25) is 4.79 Å². The second-order valence-electron chi connectivity index (χ2n) is 3.85. The summed E-state index contributed by atoms with van der Waals surface area (Å²) in [5.41, 5.74) is -0.262. The molecule has 2 N–H and O–H groups in total. The van der Waals surface area contributed by atoms with Crippen LogP contribution in [0.4, 0.5) is 5.82 Å². The van der Waals surface area contributed by atoms with Crippen LogP contribution >= 0.6 is 0 Å². The van der Waals surface area contributed by atoms with Gasteiger partial charge in [0.2, 0.25) is 0 Å². The zero-order valence-corrected chi connectivity index (χ0v) is 10.3. The Balaban J connectivity index is 2.77. The van der Waals surface area contributed by atoms with Crippen LogP contribution in [-0.2, 0) is 9.84 Å². The number of hydrogen-bond acceptors (Lipinski definition) is 5. The maximum Gasteiger partial charge on any atom is 0.252 e. The van der Waals surface area contributed by atoms with Crippen molar-refractivity contribution >= 4 is 15.7 Å². The van der Waals surface area contributed by atoms with Crippen molar-refractivity contribution in [3.05, 3.63) is 22.2 Å². The van der Waals surface area contributed by atoms with Crippen molar-refractivity contribution in [1.82, 2.24) is 9.97 Å². The molecule has 1 aromatic rings. The van der Waals surface area contributed by atoms with E-state index in [0.717, 1.165) is 0 Å². The van der Waals surface area contributed by atoms with Crippen molar-refractivity contribution in [3.8, 4) is 0 Å². The van der Waals surface area contributed by atoms with Crippen LogP contribution in [0.1, 0.15) is 12.7 Å². The van der Waals surface area contributed by atoms with Gasteiger partial charge < -0.3 is 10.3 Å². The lowest BCUT2D eigenvalue weighted by atomic mass is 10.4. The van der Waals surface area contributed by atoms with Gasteiger partial charge >= 0.3 is 0 Å². The van der Waals surface area contributed by atoms with Crippen molar-refractivity contribution < 1.29 is 8.42 Å². The van der Waals surface area contributed by atoms with Gasteiger partial charge in [-0.05, 0) is 13.8 Å². The first kappa shape index (κ1) is 12.7.